The molecule has 0 aliphatic rings. The van der Waals surface area contributed by atoms with Gasteiger partial charge in [0.15, 0.2) is 23.0 Å². The fourth-order valence-electron chi connectivity index (χ4n) is 2.57. The summed E-state index contributed by atoms with van der Waals surface area (Å²) in [4.78, 5) is 24.8. The molecule has 11 heteroatoms. The van der Waals surface area contributed by atoms with Gasteiger partial charge < -0.3 is 24.3 Å². The first-order valence-corrected chi connectivity index (χ1v) is 9.57. The van der Waals surface area contributed by atoms with E-state index in [-0.39, 0.29) is 32.9 Å². The zero-order valence-electron chi connectivity index (χ0n) is 17.5. The number of benzene rings is 2. The van der Waals surface area contributed by atoms with Gasteiger partial charge in [-0.3, -0.25) is 9.59 Å². The minimum absolute atomic E-state index is 0.107. The minimum atomic E-state index is -1.45. The lowest BCUT2D eigenvalue weighted by molar-refractivity contribution is -0.126. The molecule has 2 aromatic carbocycles. The van der Waals surface area contributed by atoms with E-state index in [0.29, 0.717) is 11.5 Å². The summed E-state index contributed by atoms with van der Waals surface area (Å²) < 4.78 is 20.7. The first-order chi connectivity index (χ1) is 14.8. The second-order valence-electron chi connectivity index (χ2n) is 6.04. The second-order valence-corrected chi connectivity index (χ2v) is 6.83. The van der Waals surface area contributed by atoms with E-state index in [1.165, 1.54) is 53.6 Å². The molecule has 1 amide bonds. The van der Waals surface area contributed by atoms with Crippen molar-refractivity contribution < 1.29 is 28.5 Å². The highest BCUT2D eigenvalue weighted by Crippen LogP contribution is 2.41. The van der Waals surface area contributed by atoms with Gasteiger partial charge in [0.2, 0.25) is 6.04 Å². The van der Waals surface area contributed by atoms with Crippen LogP contribution < -0.4 is 24.3 Å². The molecular weight excluding hydrogens is 449 g/mol. The smallest absolute Gasteiger partial charge is 0.258 e. The zero-order valence-corrected chi connectivity index (χ0v) is 19.0. The number of ketones is 1. The molecule has 0 fully saturated rings. The molecule has 0 radical (unpaired) electrons. The molecule has 9 nitrogen and oxygen atoms in total. The number of ether oxygens (including phenoxy) is 4. The number of carbonyl (C=O) groups is 2. The number of rotatable bonds is 9. The van der Waals surface area contributed by atoms with Crippen molar-refractivity contribution in [2.75, 3.05) is 33.8 Å². The van der Waals surface area contributed by atoms with Crippen LogP contribution in [0.15, 0.2) is 34.5 Å². The van der Waals surface area contributed by atoms with E-state index in [1.54, 1.807) is 6.07 Å². The Kier molecular flexibility index (Phi) is 8.47. The summed E-state index contributed by atoms with van der Waals surface area (Å²) in [5.74, 6) is -0.0317. The predicted octanol–water partition coefficient (Wildman–Crippen LogP) is 4.71. The third kappa shape index (κ3) is 5.56. The highest BCUT2D eigenvalue weighted by molar-refractivity contribution is 6.35. The van der Waals surface area contributed by atoms with Crippen LogP contribution in [0.4, 0.5) is 11.4 Å². The molecule has 31 heavy (non-hydrogen) atoms. The summed E-state index contributed by atoms with van der Waals surface area (Å²) in [6.07, 6.45) is 0. The van der Waals surface area contributed by atoms with E-state index in [4.69, 9.17) is 42.1 Å². The van der Waals surface area contributed by atoms with Gasteiger partial charge in [0, 0.05) is 12.1 Å². The maximum Gasteiger partial charge on any atom is 0.258 e. The standard InChI is InChI=1S/C20H21Cl2N3O6/c1-10(26)17(25-24-14-9-11(28-2)8-12(21)18(14)30-4)20(27)23-13-6-7-15(29-3)19(31-5)16(13)22/h6-9,17H,1-5H3,(H,23,27). The molecule has 1 unspecified atom stereocenters. The fourth-order valence-corrected chi connectivity index (χ4v) is 3.14. The Labute approximate surface area is 189 Å². The fraction of sp³-hybridized carbons (Fsp3) is 0.300. The molecule has 0 aliphatic carbocycles. The Morgan fingerprint density at radius 1 is 0.968 bits per heavy atom. The number of halogens is 2. The Hall–Kier alpha value is -3.04. The highest BCUT2D eigenvalue weighted by Gasteiger charge is 2.25. The molecule has 0 spiro atoms. The molecule has 0 heterocycles. The molecule has 1 atom stereocenters. The van der Waals surface area contributed by atoms with Crippen LogP contribution in [0.5, 0.6) is 23.0 Å². The first kappa shape index (κ1) is 24.2. The summed E-state index contributed by atoms with van der Waals surface area (Å²) in [7, 11) is 5.73. The number of azo groups is 1. The monoisotopic (exact) mass is 469 g/mol. The first-order valence-electron chi connectivity index (χ1n) is 8.81. The Bertz CT molecular complexity index is 1010. The number of carbonyl (C=O) groups excluding carboxylic acids is 2. The molecule has 0 saturated heterocycles. The van der Waals surface area contributed by atoms with Crippen LogP contribution in [0.25, 0.3) is 0 Å². The van der Waals surface area contributed by atoms with E-state index < -0.39 is 17.7 Å². The van der Waals surface area contributed by atoms with Crippen molar-refractivity contribution in [3.63, 3.8) is 0 Å². The number of methoxy groups -OCH3 is 4. The number of Topliss-reactive ketones (excluding diaryl/α,β-unsaturated/α-hetero) is 1. The van der Waals surface area contributed by atoms with Crippen molar-refractivity contribution in [3.05, 3.63) is 34.3 Å². The van der Waals surface area contributed by atoms with Crippen LogP contribution in [0, 0.1) is 0 Å². The number of hydrogen-bond acceptors (Lipinski definition) is 8. The maximum atomic E-state index is 12.7. The number of nitrogens with zero attached hydrogens (tertiary/aromatic N) is 2. The van der Waals surface area contributed by atoms with Crippen LogP contribution in [-0.2, 0) is 9.59 Å². The summed E-state index contributed by atoms with van der Waals surface area (Å²) in [5, 5.41) is 10.8. The van der Waals surface area contributed by atoms with Crippen LogP contribution in [-0.4, -0.2) is 46.2 Å². The van der Waals surface area contributed by atoms with E-state index in [1.807, 2.05) is 0 Å². The van der Waals surface area contributed by atoms with Crippen molar-refractivity contribution in [1.82, 2.24) is 0 Å². The Balaban J connectivity index is 2.35. The van der Waals surface area contributed by atoms with Crippen molar-refractivity contribution >= 4 is 46.3 Å². The van der Waals surface area contributed by atoms with Crippen molar-refractivity contribution in [2.45, 2.75) is 13.0 Å². The van der Waals surface area contributed by atoms with Crippen molar-refractivity contribution in [1.29, 1.82) is 0 Å². The topological polar surface area (TPSA) is 108 Å². The van der Waals surface area contributed by atoms with Gasteiger partial charge in [-0.1, -0.05) is 23.2 Å². The normalized spacial score (nSPS) is 11.7. The predicted molar refractivity (Wildman–Crippen MR) is 117 cm³/mol. The lowest BCUT2D eigenvalue weighted by atomic mass is 10.2. The minimum Gasteiger partial charge on any atom is -0.497 e. The van der Waals surface area contributed by atoms with Gasteiger partial charge in [-0.2, -0.15) is 10.2 Å². The van der Waals surface area contributed by atoms with Crippen molar-refractivity contribution in [2.24, 2.45) is 10.2 Å². The average Bonchev–Trinajstić information content (AvgIpc) is 2.74. The summed E-state index contributed by atoms with van der Waals surface area (Å²) >= 11 is 12.4. The zero-order chi connectivity index (χ0) is 23.1. The molecule has 0 saturated carbocycles. The molecule has 1 N–H and O–H groups in total. The van der Waals surface area contributed by atoms with Gasteiger partial charge in [-0.15, -0.1) is 0 Å². The van der Waals surface area contributed by atoms with Crippen LogP contribution >= 0.6 is 23.2 Å². The number of anilines is 1. The summed E-state index contributed by atoms with van der Waals surface area (Å²) in [5.41, 5.74) is 0.405. The quantitative estimate of drug-likeness (QED) is 0.420. The molecule has 2 rings (SSSR count). The molecule has 166 valence electrons. The number of nitrogens with one attached hydrogen (secondary N) is 1. The van der Waals surface area contributed by atoms with Crippen LogP contribution in [0.3, 0.4) is 0 Å². The summed E-state index contributed by atoms with van der Waals surface area (Å²) in [6.45, 7) is 1.22. The largest absolute Gasteiger partial charge is 0.497 e. The van der Waals surface area contributed by atoms with E-state index >= 15 is 0 Å². The third-order valence-electron chi connectivity index (χ3n) is 4.09. The average molecular weight is 470 g/mol. The Morgan fingerprint density at radius 3 is 2.19 bits per heavy atom. The van der Waals surface area contributed by atoms with Gasteiger partial charge in [0.25, 0.3) is 5.91 Å². The summed E-state index contributed by atoms with van der Waals surface area (Å²) in [6, 6.07) is 4.68. The molecule has 2 aromatic rings. The van der Waals surface area contributed by atoms with Crippen LogP contribution in [0.1, 0.15) is 6.92 Å². The van der Waals surface area contributed by atoms with Gasteiger partial charge >= 0.3 is 0 Å². The van der Waals surface area contributed by atoms with Gasteiger partial charge in [0.05, 0.1) is 39.1 Å². The van der Waals surface area contributed by atoms with Gasteiger partial charge in [-0.25, -0.2) is 0 Å². The van der Waals surface area contributed by atoms with Gasteiger partial charge in [-0.05, 0) is 19.1 Å². The van der Waals surface area contributed by atoms with E-state index in [9.17, 15) is 9.59 Å². The highest BCUT2D eigenvalue weighted by atomic mass is 35.5. The second kappa shape index (κ2) is 10.8. The SMILES string of the molecule is COc1cc(Cl)c(OC)c(N=NC(C(C)=O)C(=O)Nc2ccc(OC)c(OC)c2Cl)c1. The maximum absolute atomic E-state index is 12.7. The Morgan fingerprint density at radius 2 is 1.65 bits per heavy atom. The van der Waals surface area contributed by atoms with E-state index in [0.717, 1.165) is 0 Å². The lowest BCUT2D eigenvalue weighted by Gasteiger charge is -2.15. The van der Waals surface area contributed by atoms with E-state index in [2.05, 4.69) is 15.5 Å². The number of amides is 1. The van der Waals surface area contributed by atoms with Crippen LogP contribution in [0.2, 0.25) is 10.0 Å². The third-order valence-corrected chi connectivity index (χ3v) is 4.75. The van der Waals surface area contributed by atoms with Crippen molar-refractivity contribution in [3.8, 4) is 23.0 Å². The molecule has 0 bridgehead atoms. The van der Waals surface area contributed by atoms with Gasteiger partial charge in [0.1, 0.15) is 16.5 Å². The number of hydrogen-bond donors (Lipinski definition) is 1. The molecular formula is C20H21Cl2N3O6. The lowest BCUT2D eigenvalue weighted by Crippen LogP contribution is -2.32. The molecule has 0 aliphatic heterocycles. The molecule has 0 aromatic heterocycles.